The maximum Gasteiger partial charge on any atom is 0.250 e. The lowest BCUT2D eigenvalue weighted by Gasteiger charge is -2.39. The van der Waals surface area contributed by atoms with Crippen molar-refractivity contribution in [1.29, 1.82) is 0 Å². The molecular weight excluding hydrogens is 482 g/mol. The number of aliphatic hydroxyl groups excluding tert-OH is 1. The van der Waals surface area contributed by atoms with Gasteiger partial charge in [0, 0.05) is 17.3 Å². The molecule has 0 saturated carbocycles. The van der Waals surface area contributed by atoms with Crippen LogP contribution in [0, 0.1) is 17.8 Å². The molecule has 3 N–H and O–H groups in total. The van der Waals surface area contributed by atoms with Gasteiger partial charge >= 0.3 is 0 Å². The molecule has 3 aliphatic rings. The normalized spacial score (nSPS) is 32.3. The lowest BCUT2D eigenvalue weighted by Crippen LogP contribution is -2.57. The van der Waals surface area contributed by atoms with E-state index in [1.165, 1.54) is 4.90 Å². The first-order valence-corrected chi connectivity index (χ1v) is 13.5. The molecule has 198 valence electrons. The first kappa shape index (κ1) is 26.9. The summed E-state index contributed by atoms with van der Waals surface area (Å²) in [7, 11) is 0. The third-order valence-electron chi connectivity index (χ3n) is 8.66. The molecular formula is C27H38ClN3O5. The number of nitrogens with one attached hydrogen (secondary N) is 2. The van der Waals surface area contributed by atoms with E-state index in [1.807, 2.05) is 27.7 Å². The van der Waals surface area contributed by atoms with Gasteiger partial charge in [-0.2, -0.15) is 0 Å². The minimum absolute atomic E-state index is 0.0512. The molecule has 7 atom stereocenters. The average Bonchev–Trinajstić information content (AvgIpc) is 3.48. The molecule has 8 nitrogen and oxygen atoms in total. The highest BCUT2D eigenvalue weighted by Crippen LogP contribution is 2.64. The van der Waals surface area contributed by atoms with Gasteiger partial charge < -0.3 is 25.4 Å². The summed E-state index contributed by atoms with van der Waals surface area (Å²) >= 11 is 6.01. The van der Waals surface area contributed by atoms with Crippen molar-refractivity contribution in [2.24, 2.45) is 17.8 Å². The highest BCUT2D eigenvalue weighted by atomic mass is 35.5. The van der Waals surface area contributed by atoms with Gasteiger partial charge in [0.1, 0.15) is 11.6 Å². The van der Waals surface area contributed by atoms with E-state index in [9.17, 15) is 19.5 Å². The summed E-state index contributed by atoms with van der Waals surface area (Å²) in [6.45, 7) is 8.14. The van der Waals surface area contributed by atoms with Crippen LogP contribution in [0.1, 0.15) is 59.8 Å². The summed E-state index contributed by atoms with van der Waals surface area (Å²) in [5.74, 6) is -2.36. The predicted octanol–water partition coefficient (Wildman–Crippen LogP) is 3.37. The van der Waals surface area contributed by atoms with Gasteiger partial charge in [-0.15, -0.1) is 0 Å². The summed E-state index contributed by atoms with van der Waals surface area (Å²) in [4.78, 5) is 43.2. The minimum atomic E-state index is -1.13. The molecule has 3 amide bonds. The molecule has 0 aromatic heterocycles. The van der Waals surface area contributed by atoms with E-state index in [0.717, 1.165) is 12.8 Å². The summed E-state index contributed by atoms with van der Waals surface area (Å²) in [5, 5.41) is 16.9. The lowest BCUT2D eigenvalue weighted by atomic mass is 9.65. The summed E-state index contributed by atoms with van der Waals surface area (Å²) in [6, 6.07) is 5.25. The van der Waals surface area contributed by atoms with Crippen LogP contribution in [0.15, 0.2) is 24.3 Å². The molecule has 0 radical (unpaired) electrons. The van der Waals surface area contributed by atoms with Crippen LogP contribution in [0.5, 0.6) is 0 Å². The predicted molar refractivity (Wildman–Crippen MR) is 137 cm³/mol. The summed E-state index contributed by atoms with van der Waals surface area (Å²) in [5.41, 5.74) is -1.36. The molecule has 1 spiro atoms. The van der Waals surface area contributed by atoms with Crippen molar-refractivity contribution in [2.45, 2.75) is 83.1 Å². The number of amides is 3. The molecule has 36 heavy (non-hydrogen) atoms. The second-order valence-corrected chi connectivity index (χ2v) is 10.9. The molecule has 3 aliphatic heterocycles. The Kier molecular flexibility index (Phi) is 7.70. The zero-order valence-corrected chi connectivity index (χ0v) is 22.3. The molecule has 0 aliphatic carbocycles. The van der Waals surface area contributed by atoms with E-state index < -0.39 is 35.1 Å². The van der Waals surface area contributed by atoms with E-state index in [4.69, 9.17) is 16.3 Å². The molecule has 2 unspecified atom stereocenters. The van der Waals surface area contributed by atoms with E-state index in [0.29, 0.717) is 36.5 Å². The van der Waals surface area contributed by atoms with E-state index in [2.05, 4.69) is 10.6 Å². The Morgan fingerprint density at radius 2 is 1.89 bits per heavy atom. The molecule has 3 heterocycles. The number of rotatable bonds is 10. The fourth-order valence-electron chi connectivity index (χ4n) is 6.63. The van der Waals surface area contributed by atoms with Gasteiger partial charge in [0.05, 0.1) is 30.1 Å². The molecule has 3 fully saturated rings. The minimum Gasteiger partial charge on any atom is -0.394 e. The van der Waals surface area contributed by atoms with Crippen molar-refractivity contribution in [2.75, 3.05) is 18.5 Å². The number of hydrogen-bond donors (Lipinski definition) is 3. The van der Waals surface area contributed by atoms with E-state index in [1.54, 1.807) is 24.3 Å². The van der Waals surface area contributed by atoms with Crippen LogP contribution in [0.4, 0.5) is 5.69 Å². The SMILES string of the molecule is CCCNC(=O)[C@H]1[C@H]2C(=O)N([C@@H](CO)[C@@H](C)CC)C(C(=O)Nc3ccc(Cl)cc3)C23CC[C@]1(CC)O3. The van der Waals surface area contributed by atoms with Gasteiger partial charge in [0.15, 0.2) is 0 Å². The maximum absolute atomic E-state index is 14.2. The topological polar surface area (TPSA) is 108 Å². The number of benzene rings is 1. The van der Waals surface area contributed by atoms with Crippen molar-refractivity contribution >= 4 is 35.0 Å². The van der Waals surface area contributed by atoms with Crippen molar-refractivity contribution in [3.8, 4) is 0 Å². The quantitative estimate of drug-likeness (QED) is 0.439. The number of ether oxygens (including phenoxy) is 1. The first-order valence-electron chi connectivity index (χ1n) is 13.2. The molecule has 1 aromatic carbocycles. The summed E-state index contributed by atoms with van der Waals surface area (Å²) < 4.78 is 6.75. The second-order valence-electron chi connectivity index (χ2n) is 10.5. The van der Waals surface area contributed by atoms with Gasteiger partial charge in [-0.25, -0.2) is 0 Å². The number of fused-ring (bicyclic) bond motifs is 1. The van der Waals surface area contributed by atoms with Crippen molar-refractivity contribution < 1.29 is 24.2 Å². The van der Waals surface area contributed by atoms with Crippen molar-refractivity contribution in [3.05, 3.63) is 29.3 Å². The maximum atomic E-state index is 14.2. The molecule has 2 bridgehead atoms. The Labute approximate surface area is 218 Å². The van der Waals surface area contributed by atoms with Gasteiger partial charge in [-0.05, 0) is 55.9 Å². The highest BCUT2D eigenvalue weighted by Gasteiger charge is 2.79. The third kappa shape index (κ3) is 4.11. The number of halogens is 1. The zero-order chi connectivity index (χ0) is 26.3. The van der Waals surface area contributed by atoms with E-state index in [-0.39, 0.29) is 30.2 Å². The smallest absolute Gasteiger partial charge is 0.250 e. The molecule has 4 rings (SSSR count). The van der Waals surface area contributed by atoms with Crippen LogP contribution >= 0.6 is 11.6 Å². The molecule has 9 heteroatoms. The third-order valence-corrected chi connectivity index (χ3v) is 8.91. The fourth-order valence-corrected chi connectivity index (χ4v) is 6.75. The molecule has 1 aromatic rings. The number of carbonyl (C=O) groups is 3. The van der Waals surface area contributed by atoms with Gasteiger partial charge in [0.25, 0.3) is 0 Å². The lowest BCUT2D eigenvalue weighted by molar-refractivity contribution is -0.150. The number of nitrogens with zero attached hydrogens (tertiary/aromatic N) is 1. The van der Waals surface area contributed by atoms with Crippen LogP contribution in [-0.2, 0) is 19.1 Å². The van der Waals surface area contributed by atoms with Crippen LogP contribution in [0.3, 0.4) is 0 Å². The number of anilines is 1. The Bertz CT molecular complexity index is 1000. The Balaban J connectivity index is 1.79. The Hall–Kier alpha value is -2.16. The van der Waals surface area contributed by atoms with Crippen LogP contribution in [0.2, 0.25) is 5.02 Å². The van der Waals surface area contributed by atoms with Gasteiger partial charge in [-0.1, -0.05) is 45.7 Å². The fraction of sp³-hybridized carbons (Fsp3) is 0.667. The number of carbonyl (C=O) groups excluding carboxylic acids is 3. The Morgan fingerprint density at radius 1 is 1.19 bits per heavy atom. The van der Waals surface area contributed by atoms with Crippen LogP contribution in [-0.4, -0.2) is 64.2 Å². The standard InChI is InChI=1S/C27H38ClN3O5/c1-5-14-29-23(33)20-21-25(35)31(19(15-32)16(4)6-2)22(27(21)13-12-26(20,7-3)36-27)24(34)30-18-10-8-17(28)9-11-18/h8-11,16,19-22,32H,5-7,12-15H2,1-4H3,(H,29,33)(H,30,34)/t16-,19-,20+,21-,22?,26-,27?/m0/s1. The Morgan fingerprint density at radius 3 is 2.47 bits per heavy atom. The van der Waals surface area contributed by atoms with Crippen molar-refractivity contribution in [1.82, 2.24) is 10.2 Å². The first-order chi connectivity index (χ1) is 17.2. The molecule has 3 saturated heterocycles. The number of hydrogen-bond acceptors (Lipinski definition) is 5. The van der Waals surface area contributed by atoms with Crippen LogP contribution < -0.4 is 10.6 Å². The van der Waals surface area contributed by atoms with Gasteiger partial charge in [0.2, 0.25) is 17.7 Å². The summed E-state index contributed by atoms with van der Waals surface area (Å²) in [6.07, 6.45) is 3.17. The van der Waals surface area contributed by atoms with Crippen LogP contribution in [0.25, 0.3) is 0 Å². The highest BCUT2D eigenvalue weighted by molar-refractivity contribution is 6.30. The average molecular weight is 520 g/mol. The number of likely N-dealkylation sites (tertiary alicyclic amines) is 1. The van der Waals surface area contributed by atoms with Gasteiger partial charge in [-0.3, -0.25) is 14.4 Å². The van der Waals surface area contributed by atoms with Crippen molar-refractivity contribution in [3.63, 3.8) is 0 Å². The number of aliphatic hydroxyl groups is 1. The van der Waals surface area contributed by atoms with E-state index >= 15 is 0 Å². The zero-order valence-electron chi connectivity index (χ0n) is 21.6. The monoisotopic (exact) mass is 519 g/mol. The largest absolute Gasteiger partial charge is 0.394 e. The second kappa shape index (κ2) is 10.3.